The first kappa shape index (κ1) is 18.8. The summed E-state index contributed by atoms with van der Waals surface area (Å²) in [5, 5.41) is 0. The van der Waals surface area contributed by atoms with Gasteiger partial charge < -0.3 is 4.42 Å². The molecule has 0 radical (unpaired) electrons. The van der Waals surface area contributed by atoms with Crippen molar-refractivity contribution in [3.8, 4) is 11.3 Å². The maximum Gasteiger partial charge on any atom is 0.468 e. The van der Waals surface area contributed by atoms with Crippen molar-refractivity contribution >= 4 is 15.6 Å². The summed E-state index contributed by atoms with van der Waals surface area (Å²) in [7, 11) is -2.91. The molecule has 9 heteroatoms. The van der Waals surface area contributed by atoms with Gasteiger partial charge in [-0.1, -0.05) is 30.3 Å². The number of halogens is 3. The van der Waals surface area contributed by atoms with E-state index in [1.807, 2.05) is 0 Å². The minimum Gasteiger partial charge on any atom is -0.441 e. The van der Waals surface area contributed by atoms with Crippen LogP contribution >= 0.6 is 0 Å². The highest BCUT2D eigenvalue weighted by Crippen LogP contribution is 2.30. The molecule has 0 saturated heterocycles. The van der Waals surface area contributed by atoms with Crippen LogP contribution in [-0.2, 0) is 15.9 Å². The van der Waals surface area contributed by atoms with Crippen molar-refractivity contribution in [3.05, 3.63) is 72.3 Å². The van der Waals surface area contributed by atoms with Crippen LogP contribution in [-0.4, -0.2) is 21.4 Å². The summed E-state index contributed by atoms with van der Waals surface area (Å²) >= 11 is 0. The number of oxazole rings is 1. The fraction of sp³-hybridized carbons (Fsp3) is 0.111. The number of nitrogens with zero attached hydrogens (tertiary/aromatic N) is 2. The van der Waals surface area contributed by atoms with E-state index in [1.54, 1.807) is 30.3 Å². The molecular formula is C18H13F3N2O3S. The SMILES string of the molecule is CS(=O)(=NC(=O)c1ccc(-c2coc(C(F)(F)F)n2)cc1)c1ccccc1. The van der Waals surface area contributed by atoms with Gasteiger partial charge in [0, 0.05) is 22.3 Å². The summed E-state index contributed by atoms with van der Waals surface area (Å²) in [6.45, 7) is 0. The van der Waals surface area contributed by atoms with Crippen molar-refractivity contribution < 1.29 is 26.6 Å². The molecule has 0 aliphatic carbocycles. The molecule has 0 bridgehead atoms. The molecule has 3 rings (SSSR count). The summed E-state index contributed by atoms with van der Waals surface area (Å²) < 4.78 is 58.5. The van der Waals surface area contributed by atoms with Crippen LogP contribution in [0.5, 0.6) is 0 Å². The lowest BCUT2D eigenvalue weighted by atomic mass is 10.1. The molecule has 5 nitrogen and oxygen atoms in total. The van der Waals surface area contributed by atoms with Crippen molar-refractivity contribution in [1.82, 2.24) is 4.98 Å². The van der Waals surface area contributed by atoms with Gasteiger partial charge in [-0.3, -0.25) is 4.79 Å². The van der Waals surface area contributed by atoms with Crippen LogP contribution in [0.2, 0.25) is 0 Å². The molecule has 27 heavy (non-hydrogen) atoms. The van der Waals surface area contributed by atoms with Gasteiger partial charge in [-0.15, -0.1) is 0 Å². The largest absolute Gasteiger partial charge is 0.468 e. The van der Waals surface area contributed by atoms with Crippen molar-refractivity contribution in [2.45, 2.75) is 11.1 Å². The van der Waals surface area contributed by atoms with E-state index in [2.05, 4.69) is 13.8 Å². The van der Waals surface area contributed by atoms with E-state index in [0.29, 0.717) is 10.5 Å². The molecule has 1 atom stereocenters. The van der Waals surface area contributed by atoms with Gasteiger partial charge >= 0.3 is 12.1 Å². The Morgan fingerprint density at radius 1 is 1.07 bits per heavy atom. The number of hydrogen-bond acceptors (Lipinski definition) is 4. The van der Waals surface area contributed by atoms with Gasteiger partial charge in [-0.25, -0.2) is 9.19 Å². The van der Waals surface area contributed by atoms with Crippen molar-refractivity contribution in [2.24, 2.45) is 4.36 Å². The molecule has 2 aromatic carbocycles. The zero-order chi connectivity index (χ0) is 19.7. The molecule has 1 unspecified atom stereocenters. The average molecular weight is 394 g/mol. The van der Waals surface area contributed by atoms with Crippen LogP contribution in [0.3, 0.4) is 0 Å². The molecule has 0 aliphatic heterocycles. The maximum atomic E-state index is 12.6. The highest BCUT2D eigenvalue weighted by atomic mass is 32.2. The molecule has 0 spiro atoms. The van der Waals surface area contributed by atoms with Crippen LogP contribution in [0.15, 0.2) is 74.5 Å². The first-order valence-electron chi connectivity index (χ1n) is 7.61. The predicted molar refractivity (Wildman–Crippen MR) is 92.5 cm³/mol. The fourth-order valence-electron chi connectivity index (χ4n) is 2.26. The number of alkyl halides is 3. The van der Waals surface area contributed by atoms with Gasteiger partial charge in [0.15, 0.2) is 0 Å². The molecule has 140 valence electrons. The molecule has 0 saturated carbocycles. The molecule has 3 aromatic rings. The van der Waals surface area contributed by atoms with Gasteiger partial charge in [-0.2, -0.15) is 17.5 Å². The molecule has 1 aromatic heterocycles. The van der Waals surface area contributed by atoms with Crippen LogP contribution in [0.1, 0.15) is 16.2 Å². The van der Waals surface area contributed by atoms with E-state index in [1.165, 1.54) is 30.5 Å². The maximum absolute atomic E-state index is 12.6. The smallest absolute Gasteiger partial charge is 0.441 e. The van der Waals surface area contributed by atoms with E-state index in [-0.39, 0.29) is 11.3 Å². The van der Waals surface area contributed by atoms with Gasteiger partial charge in [0.1, 0.15) is 12.0 Å². The Morgan fingerprint density at radius 2 is 1.70 bits per heavy atom. The normalized spacial score (nSPS) is 13.8. The standard InChI is InChI=1S/C18H13F3N2O3S/c1-27(25,14-5-3-2-4-6-14)23-16(24)13-9-7-12(8-10-13)15-11-26-17(22-15)18(19,20)21/h2-11H,1H3. The van der Waals surface area contributed by atoms with E-state index < -0.39 is 27.7 Å². The Bertz CT molecular complexity index is 1080. The Kier molecular flexibility index (Phi) is 4.88. The Hall–Kier alpha value is -2.94. The third-order valence-electron chi connectivity index (χ3n) is 3.61. The van der Waals surface area contributed by atoms with Crippen LogP contribution in [0.25, 0.3) is 11.3 Å². The Labute approximate surface area is 153 Å². The van der Waals surface area contributed by atoms with Crippen molar-refractivity contribution in [1.29, 1.82) is 0 Å². The Morgan fingerprint density at radius 3 is 2.26 bits per heavy atom. The molecule has 0 N–H and O–H groups in total. The van der Waals surface area contributed by atoms with Crippen molar-refractivity contribution in [3.63, 3.8) is 0 Å². The summed E-state index contributed by atoms with van der Waals surface area (Å²) in [4.78, 5) is 16.1. The molecule has 0 aliphatic rings. The topological polar surface area (TPSA) is 72.5 Å². The molecule has 1 amide bonds. The van der Waals surface area contributed by atoms with E-state index in [0.717, 1.165) is 6.26 Å². The third-order valence-corrected chi connectivity index (χ3v) is 5.27. The molecular weight excluding hydrogens is 381 g/mol. The summed E-state index contributed by atoms with van der Waals surface area (Å²) in [5.41, 5.74) is 0.483. The van der Waals surface area contributed by atoms with Crippen LogP contribution in [0, 0.1) is 0 Å². The minimum atomic E-state index is -4.67. The number of benzene rings is 2. The zero-order valence-electron chi connectivity index (χ0n) is 13.9. The lowest BCUT2D eigenvalue weighted by Gasteiger charge is -2.04. The number of rotatable bonds is 3. The second-order valence-corrected chi connectivity index (χ2v) is 7.88. The quantitative estimate of drug-likeness (QED) is 0.648. The van der Waals surface area contributed by atoms with E-state index >= 15 is 0 Å². The van der Waals surface area contributed by atoms with Gasteiger partial charge in [0.2, 0.25) is 0 Å². The first-order valence-corrected chi connectivity index (χ1v) is 9.54. The van der Waals surface area contributed by atoms with E-state index in [4.69, 9.17) is 0 Å². The number of carbonyl (C=O) groups excluding carboxylic acids is 1. The third kappa shape index (κ3) is 4.25. The molecule has 1 heterocycles. The lowest BCUT2D eigenvalue weighted by Crippen LogP contribution is -2.05. The predicted octanol–water partition coefficient (Wildman–Crippen LogP) is 4.66. The lowest BCUT2D eigenvalue weighted by molar-refractivity contribution is -0.157. The van der Waals surface area contributed by atoms with Crippen molar-refractivity contribution in [2.75, 3.05) is 6.26 Å². The fourth-order valence-corrected chi connectivity index (χ4v) is 3.45. The second kappa shape index (κ2) is 6.99. The van der Waals surface area contributed by atoms with Crippen LogP contribution < -0.4 is 0 Å². The number of carbonyl (C=O) groups is 1. The average Bonchev–Trinajstić information content (AvgIpc) is 3.13. The molecule has 0 fully saturated rings. The van der Waals surface area contributed by atoms with E-state index in [9.17, 15) is 22.2 Å². The first-order chi connectivity index (χ1) is 12.7. The number of hydrogen-bond donors (Lipinski definition) is 0. The number of aromatic nitrogens is 1. The Balaban J connectivity index is 1.85. The second-order valence-electron chi connectivity index (χ2n) is 5.63. The zero-order valence-corrected chi connectivity index (χ0v) is 14.8. The highest BCUT2D eigenvalue weighted by Gasteiger charge is 2.37. The summed E-state index contributed by atoms with van der Waals surface area (Å²) in [6.07, 6.45) is -2.42. The monoisotopic (exact) mass is 394 g/mol. The van der Waals surface area contributed by atoms with Crippen LogP contribution in [0.4, 0.5) is 13.2 Å². The summed E-state index contributed by atoms with van der Waals surface area (Å²) in [5.74, 6) is -2.03. The van der Waals surface area contributed by atoms with Gasteiger partial charge in [-0.05, 0) is 24.3 Å². The highest BCUT2D eigenvalue weighted by molar-refractivity contribution is 7.93. The summed E-state index contributed by atoms with van der Waals surface area (Å²) in [6, 6.07) is 14.0. The van der Waals surface area contributed by atoms with Gasteiger partial charge in [0.05, 0.1) is 9.73 Å². The van der Waals surface area contributed by atoms with Gasteiger partial charge in [0.25, 0.3) is 5.91 Å². The minimum absolute atomic E-state index is 0.0122. The number of amides is 1.